The van der Waals surface area contributed by atoms with Crippen LogP contribution in [0, 0.1) is 0 Å². The van der Waals surface area contributed by atoms with Crippen LogP contribution in [0.25, 0.3) is 22.2 Å². The van der Waals surface area contributed by atoms with E-state index >= 15 is 0 Å². The van der Waals surface area contributed by atoms with Crippen molar-refractivity contribution in [2.24, 2.45) is 0 Å². The number of methoxy groups -OCH3 is 1. The number of hydrogen-bond acceptors (Lipinski definition) is 4. The van der Waals surface area contributed by atoms with Gasteiger partial charge in [0, 0.05) is 30.6 Å². The lowest BCUT2D eigenvalue weighted by molar-refractivity contribution is 0.0768. The van der Waals surface area contributed by atoms with E-state index in [9.17, 15) is 4.79 Å². The number of carbonyl (C=O) groups is 1. The van der Waals surface area contributed by atoms with Crippen molar-refractivity contribution in [1.29, 1.82) is 0 Å². The number of benzene rings is 2. The largest absolute Gasteiger partial charge is 0.497 e. The summed E-state index contributed by atoms with van der Waals surface area (Å²) < 4.78 is 5.24. The molecule has 0 atom stereocenters. The van der Waals surface area contributed by atoms with Crippen molar-refractivity contribution in [3.63, 3.8) is 0 Å². The van der Waals surface area contributed by atoms with E-state index in [1.54, 1.807) is 7.11 Å². The lowest BCUT2D eigenvalue weighted by Gasteiger charge is -2.21. The molecule has 5 nitrogen and oxygen atoms in total. The standard InChI is InChI=1S/C22H23N3O2.2ClH/c1-27-17-9-7-16(8-10-17)21-15-19(18-5-2-3-6-20(18)24-21)22(26)25-13-4-11-23-12-14-25;;/h2-3,5-10,15,23H,4,11-14H2,1H3;2*1H. The van der Waals surface area contributed by atoms with Crippen LogP contribution in [0.1, 0.15) is 16.8 Å². The Bertz CT molecular complexity index is 956. The number of halogens is 2. The van der Waals surface area contributed by atoms with Crippen LogP contribution in [0.4, 0.5) is 0 Å². The molecule has 1 amide bonds. The van der Waals surface area contributed by atoms with Crippen molar-refractivity contribution in [2.45, 2.75) is 6.42 Å². The van der Waals surface area contributed by atoms with Crippen molar-refractivity contribution in [3.8, 4) is 17.0 Å². The van der Waals surface area contributed by atoms with Crippen molar-refractivity contribution in [1.82, 2.24) is 15.2 Å². The molecule has 29 heavy (non-hydrogen) atoms. The number of hydrogen-bond donors (Lipinski definition) is 1. The average molecular weight is 434 g/mol. The Morgan fingerprint density at radius 3 is 2.55 bits per heavy atom. The van der Waals surface area contributed by atoms with Gasteiger partial charge in [0.1, 0.15) is 5.75 Å². The molecule has 2 aromatic carbocycles. The van der Waals surface area contributed by atoms with Gasteiger partial charge in [0.15, 0.2) is 0 Å². The summed E-state index contributed by atoms with van der Waals surface area (Å²) in [6.45, 7) is 3.30. The first-order valence-corrected chi connectivity index (χ1v) is 9.30. The molecule has 1 saturated heterocycles. The lowest BCUT2D eigenvalue weighted by Crippen LogP contribution is -2.34. The minimum absolute atomic E-state index is 0. The second-order valence-electron chi connectivity index (χ2n) is 6.70. The van der Waals surface area contributed by atoms with Crippen LogP contribution in [0.15, 0.2) is 54.6 Å². The number of nitrogens with zero attached hydrogens (tertiary/aromatic N) is 2. The van der Waals surface area contributed by atoms with Crippen LogP contribution < -0.4 is 10.1 Å². The molecule has 0 bridgehead atoms. The molecule has 1 aromatic heterocycles. The molecule has 0 aliphatic carbocycles. The van der Waals surface area contributed by atoms with E-state index in [-0.39, 0.29) is 30.7 Å². The Kier molecular flexibility index (Phi) is 8.26. The number of nitrogens with one attached hydrogen (secondary N) is 1. The number of carbonyl (C=O) groups excluding carboxylic acids is 1. The Balaban J connectivity index is 0.00000150. The van der Waals surface area contributed by atoms with E-state index in [4.69, 9.17) is 9.72 Å². The third-order valence-corrected chi connectivity index (χ3v) is 4.96. The number of para-hydroxylation sites is 1. The molecule has 1 N–H and O–H groups in total. The monoisotopic (exact) mass is 433 g/mol. The maximum atomic E-state index is 13.3. The Morgan fingerprint density at radius 2 is 1.79 bits per heavy atom. The van der Waals surface area contributed by atoms with Gasteiger partial charge in [-0.1, -0.05) is 18.2 Å². The Labute approximate surface area is 183 Å². The molecule has 4 rings (SSSR count). The molecule has 1 aliphatic rings. The third kappa shape index (κ3) is 4.99. The molecular formula is C22H25Cl2N3O2. The Hall–Kier alpha value is -2.34. The first-order chi connectivity index (χ1) is 13.3. The highest BCUT2D eigenvalue weighted by molar-refractivity contribution is 6.07. The van der Waals surface area contributed by atoms with Crippen molar-refractivity contribution < 1.29 is 9.53 Å². The number of aromatic nitrogens is 1. The predicted molar refractivity (Wildman–Crippen MR) is 122 cm³/mol. The molecule has 2 heterocycles. The second kappa shape index (κ2) is 10.4. The van der Waals surface area contributed by atoms with E-state index in [0.29, 0.717) is 5.56 Å². The van der Waals surface area contributed by atoms with E-state index < -0.39 is 0 Å². The molecular weight excluding hydrogens is 409 g/mol. The molecule has 154 valence electrons. The normalized spacial score (nSPS) is 13.8. The fraction of sp³-hybridized carbons (Fsp3) is 0.273. The number of fused-ring (bicyclic) bond motifs is 1. The summed E-state index contributed by atoms with van der Waals surface area (Å²) in [5.74, 6) is 0.875. The van der Waals surface area contributed by atoms with Gasteiger partial charge in [-0.05, 0) is 49.4 Å². The first kappa shape index (κ1) is 22.9. The highest BCUT2D eigenvalue weighted by Gasteiger charge is 2.20. The van der Waals surface area contributed by atoms with Crippen LogP contribution in [0.3, 0.4) is 0 Å². The van der Waals surface area contributed by atoms with Crippen LogP contribution in [-0.4, -0.2) is 49.1 Å². The number of pyridine rings is 1. The predicted octanol–water partition coefficient (Wildman–Crippen LogP) is 4.19. The topological polar surface area (TPSA) is 54.5 Å². The van der Waals surface area contributed by atoms with Gasteiger partial charge < -0.3 is 15.0 Å². The zero-order valence-corrected chi connectivity index (χ0v) is 17.9. The van der Waals surface area contributed by atoms with E-state index in [0.717, 1.165) is 60.5 Å². The number of rotatable bonds is 3. The second-order valence-corrected chi connectivity index (χ2v) is 6.70. The smallest absolute Gasteiger partial charge is 0.254 e. The molecule has 0 saturated carbocycles. The quantitative estimate of drug-likeness (QED) is 0.672. The minimum Gasteiger partial charge on any atom is -0.497 e. The average Bonchev–Trinajstić information content (AvgIpc) is 3.02. The highest BCUT2D eigenvalue weighted by Crippen LogP contribution is 2.27. The molecule has 0 radical (unpaired) electrons. The summed E-state index contributed by atoms with van der Waals surface area (Å²) in [4.78, 5) is 20.0. The first-order valence-electron chi connectivity index (χ1n) is 9.30. The molecule has 1 aliphatic heterocycles. The molecule has 3 aromatic rings. The van der Waals surface area contributed by atoms with Crippen LogP contribution >= 0.6 is 24.8 Å². The summed E-state index contributed by atoms with van der Waals surface area (Å²) in [7, 11) is 1.65. The van der Waals surface area contributed by atoms with Gasteiger partial charge in [0.05, 0.1) is 23.9 Å². The number of ether oxygens (including phenoxy) is 1. The fourth-order valence-electron chi connectivity index (χ4n) is 3.48. The lowest BCUT2D eigenvalue weighted by atomic mass is 10.0. The van der Waals surface area contributed by atoms with Gasteiger partial charge in [0.2, 0.25) is 0 Å². The van der Waals surface area contributed by atoms with E-state index in [2.05, 4.69) is 5.32 Å². The van der Waals surface area contributed by atoms with Gasteiger partial charge in [-0.2, -0.15) is 0 Å². The van der Waals surface area contributed by atoms with Crippen molar-refractivity contribution in [3.05, 3.63) is 60.2 Å². The summed E-state index contributed by atoms with van der Waals surface area (Å²) in [6, 6.07) is 17.5. The zero-order chi connectivity index (χ0) is 18.6. The minimum atomic E-state index is 0. The molecule has 1 fully saturated rings. The third-order valence-electron chi connectivity index (χ3n) is 4.96. The zero-order valence-electron chi connectivity index (χ0n) is 16.3. The maximum absolute atomic E-state index is 13.3. The van der Waals surface area contributed by atoms with Crippen LogP contribution in [-0.2, 0) is 0 Å². The van der Waals surface area contributed by atoms with Gasteiger partial charge in [0.25, 0.3) is 5.91 Å². The van der Waals surface area contributed by atoms with E-state index in [1.165, 1.54) is 0 Å². The van der Waals surface area contributed by atoms with Gasteiger partial charge in [-0.15, -0.1) is 24.8 Å². The maximum Gasteiger partial charge on any atom is 0.254 e. The molecule has 7 heteroatoms. The number of amides is 1. The van der Waals surface area contributed by atoms with Gasteiger partial charge in [-0.25, -0.2) is 4.98 Å². The summed E-state index contributed by atoms with van der Waals surface area (Å²) in [6.07, 6.45) is 0.972. The van der Waals surface area contributed by atoms with Crippen molar-refractivity contribution >= 4 is 41.6 Å². The summed E-state index contributed by atoms with van der Waals surface area (Å²) >= 11 is 0. The highest BCUT2D eigenvalue weighted by atomic mass is 35.5. The SMILES string of the molecule is COc1ccc(-c2cc(C(=O)N3CCCNCC3)c3ccccc3n2)cc1.Cl.Cl. The van der Waals surface area contributed by atoms with E-state index in [1.807, 2.05) is 59.5 Å². The van der Waals surface area contributed by atoms with Crippen LogP contribution in [0.5, 0.6) is 5.75 Å². The fourth-order valence-corrected chi connectivity index (χ4v) is 3.48. The Morgan fingerprint density at radius 1 is 1.03 bits per heavy atom. The van der Waals surface area contributed by atoms with Crippen molar-refractivity contribution in [2.75, 3.05) is 33.3 Å². The summed E-state index contributed by atoms with van der Waals surface area (Å²) in [5, 5.41) is 4.25. The van der Waals surface area contributed by atoms with Gasteiger partial charge >= 0.3 is 0 Å². The van der Waals surface area contributed by atoms with Gasteiger partial charge in [-0.3, -0.25) is 4.79 Å². The summed E-state index contributed by atoms with van der Waals surface area (Å²) in [5.41, 5.74) is 3.32. The molecule has 0 unspecified atom stereocenters. The molecule has 0 spiro atoms. The van der Waals surface area contributed by atoms with Crippen LogP contribution in [0.2, 0.25) is 0 Å².